The van der Waals surface area contributed by atoms with Crippen LogP contribution >= 0.6 is 0 Å². The van der Waals surface area contributed by atoms with Crippen LogP contribution < -0.4 is 5.73 Å². The molecule has 3 rings (SSSR count). The molecule has 1 heterocycles. The number of nitrogens with two attached hydrogens (primary N) is 1. The first-order valence-corrected chi connectivity index (χ1v) is 7.65. The van der Waals surface area contributed by atoms with Crippen LogP contribution in [0.2, 0.25) is 0 Å². The number of benzene rings is 2. The first kappa shape index (κ1) is 14.1. The Balaban J connectivity index is 1.81. The van der Waals surface area contributed by atoms with Crippen molar-refractivity contribution in [3.05, 3.63) is 48.0 Å². The van der Waals surface area contributed by atoms with E-state index in [4.69, 9.17) is 5.73 Å². The lowest BCUT2D eigenvalue weighted by molar-refractivity contribution is -0.131. The molecule has 0 radical (unpaired) electrons. The number of carbonyl (C=O) groups excluding carboxylic acids is 1. The summed E-state index contributed by atoms with van der Waals surface area (Å²) < 4.78 is 0. The fraction of sp³-hybridized carbons (Fsp3) is 0.389. The van der Waals surface area contributed by atoms with Crippen LogP contribution in [-0.4, -0.2) is 29.9 Å². The lowest BCUT2D eigenvalue weighted by atomic mass is 10.0. The lowest BCUT2D eigenvalue weighted by Crippen LogP contribution is -2.35. The Kier molecular flexibility index (Phi) is 3.93. The van der Waals surface area contributed by atoms with Crippen LogP contribution in [0.1, 0.15) is 18.9 Å². The van der Waals surface area contributed by atoms with Gasteiger partial charge in [-0.3, -0.25) is 4.79 Å². The minimum atomic E-state index is 0.217. The summed E-state index contributed by atoms with van der Waals surface area (Å²) >= 11 is 0. The van der Waals surface area contributed by atoms with Gasteiger partial charge in [-0.15, -0.1) is 0 Å². The van der Waals surface area contributed by atoms with Gasteiger partial charge in [0.05, 0.1) is 6.42 Å². The summed E-state index contributed by atoms with van der Waals surface area (Å²) in [6.07, 6.45) is 1.50. The van der Waals surface area contributed by atoms with E-state index in [9.17, 15) is 4.79 Å². The smallest absolute Gasteiger partial charge is 0.227 e. The van der Waals surface area contributed by atoms with Crippen molar-refractivity contribution in [3.63, 3.8) is 0 Å². The number of carbonyl (C=O) groups is 1. The van der Waals surface area contributed by atoms with Crippen molar-refractivity contribution in [1.82, 2.24) is 4.90 Å². The molecule has 2 aromatic carbocycles. The third kappa shape index (κ3) is 2.79. The molecule has 0 aliphatic carbocycles. The largest absolute Gasteiger partial charge is 0.339 e. The molecule has 2 unspecified atom stereocenters. The number of fused-ring (bicyclic) bond motifs is 1. The third-order valence-electron chi connectivity index (χ3n) is 4.54. The molecule has 21 heavy (non-hydrogen) atoms. The maximum atomic E-state index is 12.6. The van der Waals surface area contributed by atoms with Crippen molar-refractivity contribution in [1.29, 1.82) is 0 Å². The van der Waals surface area contributed by atoms with Crippen molar-refractivity contribution in [2.45, 2.75) is 25.8 Å². The Bertz CT molecular complexity index is 647. The molecular formula is C18H22N2O. The van der Waals surface area contributed by atoms with Gasteiger partial charge in [0.2, 0.25) is 5.91 Å². The SMILES string of the molecule is CC1CC(CN)CN1C(=O)Cc1cccc2ccccc12. The van der Waals surface area contributed by atoms with Crippen LogP contribution in [-0.2, 0) is 11.2 Å². The molecule has 1 saturated heterocycles. The Morgan fingerprint density at radius 1 is 1.24 bits per heavy atom. The zero-order valence-corrected chi connectivity index (χ0v) is 12.5. The van der Waals surface area contributed by atoms with Crippen molar-refractivity contribution in [3.8, 4) is 0 Å². The molecule has 0 bridgehead atoms. The zero-order chi connectivity index (χ0) is 14.8. The molecule has 110 valence electrons. The summed E-state index contributed by atoms with van der Waals surface area (Å²) in [6, 6.07) is 14.7. The second-order valence-corrected chi connectivity index (χ2v) is 6.05. The van der Waals surface area contributed by atoms with Crippen molar-refractivity contribution >= 4 is 16.7 Å². The third-order valence-corrected chi connectivity index (χ3v) is 4.54. The van der Waals surface area contributed by atoms with Gasteiger partial charge < -0.3 is 10.6 Å². The molecule has 2 N–H and O–H groups in total. The van der Waals surface area contributed by atoms with Gasteiger partial charge in [0.25, 0.3) is 0 Å². The first-order chi connectivity index (χ1) is 10.2. The van der Waals surface area contributed by atoms with E-state index in [1.165, 1.54) is 10.8 Å². The molecule has 0 saturated carbocycles. The zero-order valence-electron chi connectivity index (χ0n) is 12.5. The first-order valence-electron chi connectivity index (χ1n) is 7.65. The summed E-state index contributed by atoms with van der Waals surface area (Å²) in [5.41, 5.74) is 6.86. The van der Waals surface area contributed by atoms with E-state index in [1.807, 2.05) is 23.1 Å². The highest BCUT2D eigenvalue weighted by atomic mass is 16.2. The number of hydrogen-bond donors (Lipinski definition) is 1. The number of rotatable bonds is 3. The summed E-state index contributed by atoms with van der Waals surface area (Å²) in [6.45, 7) is 3.60. The molecule has 1 fully saturated rings. The van der Waals surface area contributed by atoms with E-state index < -0.39 is 0 Å². The highest BCUT2D eigenvalue weighted by Crippen LogP contribution is 2.24. The second kappa shape index (κ2) is 5.86. The molecule has 1 aliphatic heterocycles. The number of hydrogen-bond acceptors (Lipinski definition) is 2. The molecule has 2 atom stereocenters. The fourth-order valence-corrected chi connectivity index (χ4v) is 3.37. The standard InChI is InChI=1S/C18H22N2O/c1-13-9-14(11-19)12-20(13)18(21)10-16-7-4-6-15-5-2-3-8-17(15)16/h2-8,13-14H,9-12,19H2,1H3. The predicted molar refractivity (Wildman–Crippen MR) is 86.0 cm³/mol. The number of amides is 1. The quantitative estimate of drug-likeness (QED) is 0.940. The molecular weight excluding hydrogens is 260 g/mol. The summed E-state index contributed by atoms with van der Waals surface area (Å²) in [4.78, 5) is 14.6. The van der Waals surface area contributed by atoms with E-state index in [1.54, 1.807) is 0 Å². The highest BCUT2D eigenvalue weighted by Gasteiger charge is 2.31. The van der Waals surface area contributed by atoms with Crippen LogP contribution in [0.15, 0.2) is 42.5 Å². The molecule has 3 heteroatoms. The Morgan fingerprint density at radius 3 is 2.76 bits per heavy atom. The van der Waals surface area contributed by atoms with Gasteiger partial charge in [-0.1, -0.05) is 42.5 Å². The van der Waals surface area contributed by atoms with Crippen molar-refractivity contribution < 1.29 is 4.79 Å². The van der Waals surface area contributed by atoms with Crippen LogP contribution in [0, 0.1) is 5.92 Å². The summed E-state index contributed by atoms with van der Waals surface area (Å²) in [5, 5.41) is 2.37. The van der Waals surface area contributed by atoms with E-state index in [0.717, 1.165) is 18.5 Å². The molecule has 0 spiro atoms. The van der Waals surface area contributed by atoms with Crippen LogP contribution in [0.4, 0.5) is 0 Å². The maximum absolute atomic E-state index is 12.6. The van der Waals surface area contributed by atoms with E-state index in [-0.39, 0.29) is 5.91 Å². The molecule has 2 aromatic rings. The predicted octanol–water partition coefficient (Wildman–Crippen LogP) is 2.58. The van der Waals surface area contributed by atoms with Gasteiger partial charge in [-0.25, -0.2) is 0 Å². The summed E-state index contributed by atoms with van der Waals surface area (Å²) in [5.74, 6) is 0.672. The average Bonchev–Trinajstić information content (AvgIpc) is 2.89. The molecule has 1 amide bonds. The van der Waals surface area contributed by atoms with E-state index in [2.05, 4.69) is 31.2 Å². The van der Waals surface area contributed by atoms with Crippen molar-refractivity contribution in [2.24, 2.45) is 11.7 Å². The Morgan fingerprint density at radius 2 is 2.00 bits per heavy atom. The van der Waals surface area contributed by atoms with E-state index in [0.29, 0.717) is 24.9 Å². The van der Waals surface area contributed by atoms with Crippen LogP contribution in [0.25, 0.3) is 10.8 Å². The minimum Gasteiger partial charge on any atom is -0.339 e. The number of likely N-dealkylation sites (tertiary alicyclic amines) is 1. The van der Waals surface area contributed by atoms with Gasteiger partial charge in [0, 0.05) is 12.6 Å². The second-order valence-electron chi connectivity index (χ2n) is 6.05. The maximum Gasteiger partial charge on any atom is 0.227 e. The lowest BCUT2D eigenvalue weighted by Gasteiger charge is -2.22. The molecule has 3 nitrogen and oxygen atoms in total. The van der Waals surface area contributed by atoms with Gasteiger partial charge in [-0.05, 0) is 42.1 Å². The normalized spacial score (nSPS) is 21.9. The van der Waals surface area contributed by atoms with E-state index >= 15 is 0 Å². The monoisotopic (exact) mass is 282 g/mol. The minimum absolute atomic E-state index is 0.217. The van der Waals surface area contributed by atoms with Gasteiger partial charge in [-0.2, -0.15) is 0 Å². The average molecular weight is 282 g/mol. The molecule has 0 aromatic heterocycles. The topological polar surface area (TPSA) is 46.3 Å². The Hall–Kier alpha value is -1.87. The van der Waals surface area contributed by atoms with Crippen molar-refractivity contribution in [2.75, 3.05) is 13.1 Å². The van der Waals surface area contributed by atoms with Crippen LogP contribution in [0.5, 0.6) is 0 Å². The number of nitrogens with zero attached hydrogens (tertiary/aromatic N) is 1. The van der Waals surface area contributed by atoms with Gasteiger partial charge >= 0.3 is 0 Å². The van der Waals surface area contributed by atoms with Crippen LogP contribution in [0.3, 0.4) is 0 Å². The summed E-state index contributed by atoms with van der Waals surface area (Å²) in [7, 11) is 0. The fourth-order valence-electron chi connectivity index (χ4n) is 3.37. The highest BCUT2D eigenvalue weighted by molar-refractivity contribution is 5.90. The van der Waals surface area contributed by atoms with Gasteiger partial charge in [0.15, 0.2) is 0 Å². The Labute approximate surface area is 125 Å². The molecule has 1 aliphatic rings. The van der Waals surface area contributed by atoms with Gasteiger partial charge in [0.1, 0.15) is 0 Å².